The van der Waals surface area contributed by atoms with Crippen molar-refractivity contribution in [2.24, 2.45) is 5.16 Å². The highest BCUT2D eigenvalue weighted by atomic mass is 19.1. The van der Waals surface area contributed by atoms with Gasteiger partial charge in [-0.05, 0) is 37.1 Å². The van der Waals surface area contributed by atoms with Crippen LogP contribution in [0.1, 0.15) is 22.3 Å². The van der Waals surface area contributed by atoms with Crippen LogP contribution in [0.5, 0.6) is 0 Å². The quantitative estimate of drug-likeness (QED) is 0.599. The van der Waals surface area contributed by atoms with E-state index in [9.17, 15) is 4.39 Å². The molecular weight excluding hydrogens is 241 g/mol. The second-order valence-electron chi connectivity index (χ2n) is 4.56. The van der Waals surface area contributed by atoms with E-state index < -0.39 is 0 Å². The molecule has 0 heterocycles. The van der Waals surface area contributed by atoms with Crippen molar-refractivity contribution in [2.75, 3.05) is 0 Å². The molecule has 0 bridgehead atoms. The first kappa shape index (κ1) is 13.3. The highest BCUT2D eigenvalue weighted by molar-refractivity contribution is 5.78. The van der Waals surface area contributed by atoms with Gasteiger partial charge in [0.05, 0.1) is 6.21 Å². The molecule has 0 N–H and O–H groups in total. The van der Waals surface area contributed by atoms with Crippen LogP contribution in [0.2, 0.25) is 0 Å². The molecule has 0 aliphatic carbocycles. The van der Waals surface area contributed by atoms with Gasteiger partial charge >= 0.3 is 0 Å². The molecule has 0 spiro atoms. The summed E-state index contributed by atoms with van der Waals surface area (Å²) in [5.74, 6) is -0.256. The Morgan fingerprint density at radius 3 is 2.32 bits per heavy atom. The van der Waals surface area contributed by atoms with Gasteiger partial charge in [-0.25, -0.2) is 4.39 Å². The van der Waals surface area contributed by atoms with Crippen LogP contribution in [0, 0.1) is 19.7 Å². The summed E-state index contributed by atoms with van der Waals surface area (Å²) in [7, 11) is 0. The lowest BCUT2D eigenvalue weighted by molar-refractivity contribution is 0.132. The first-order valence-electron chi connectivity index (χ1n) is 6.11. The zero-order valence-electron chi connectivity index (χ0n) is 11.1. The van der Waals surface area contributed by atoms with Crippen LogP contribution in [0.3, 0.4) is 0 Å². The van der Waals surface area contributed by atoms with E-state index in [1.165, 1.54) is 23.3 Å². The summed E-state index contributed by atoms with van der Waals surface area (Å²) in [6.07, 6.45) is 1.57. The molecular formula is C16H16FNO. The number of rotatable bonds is 4. The van der Waals surface area contributed by atoms with E-state index in [1.807, 2.05) is 0 Å². The molecule has 19 heavy (non-hydrogen) atoms. The molecule has 98 valence electrons. The fourth-order valence-corrected chi connectivity index (χ4v) is 1.91. The minimum absolute atomic E-state index is 0.256. The van der Waals surface area contributed by atoms with E-state index in [0.29, 0.717) is 6.61 Å². The topological polar surface area (TPSA) is 21.6 Å². The van der Waals surface area contributed by atoms with Crippen molar-refractivity contribution in [2.45, 2.75) is 20.5 Å². The Labute approximate surface area is 112 Å². The van der Waals surface area contributed by atoms with E-state index in [1.54, 1.807) is 18.3 Å². The minimum atomic E-state index is -0.256. The molecule has 2 rings (SSSR count). The van der Waals surface area contributed by atoms with Crippen molar-refractivity contribution in [3.05, 3.63) is 70.5 Å². The lowest BCUT2D eigenvalue weighted by Crippen LogP contribution is -1.90. The van der Waals surface area contributed by atoms with Crippen LogP contribution < -0.4 is 0 Å². The van der Waals surface area contributed by atoms with Crippen molar-refractivity contribution in [3.8, 4) is 0 Å². The highest BCUT2D eigenvalue weighted by Gasteiger charge is 1.96. The number of oxime groups is 1. The van der Waals surface area contributed by atoms with Gasteiger partial charge in [0.2, 0.25) is 0 Å². The fraction of sp³-hybridized carbons (Fsp3) is 0.188. The maximum absolute atomic E-state index is 12.7. The van der Waals surface area contributed by atoms with Crippen molar-refractivity contribution in [1.82, 2.24) is 0 Å². The third kappa shape index (κ3) is 4.21. The number of hydrogen-bond acceptors (Lipinski definition) is 2. The van der Waals surface area contributed by atoms with Crippen LogP contribution in [0.4, 0.5) is 4.39 Å². The Kier molecular flexibility index (Phi) is 4.29. The first-order valence-corrected chi connectivity index (χ1v) is 6.11. The zero-order valence-corrected chi connectivity index (χ0v) is 11.1. The number of benzene rings is 2. The van der Waals surface area contributed by atoms with Gasteiger partial charge in [-0.3, -0.25) is 0 Å². The molecule has 0 radical (unpaired) electrons. The molecule has 0 saturated carbocycles. The fourth-order valence-electron chi connectivity index (χ4n) is 1.91. The van der Waals surface area contributed by atoms with E-state index in [4.69, 9.17) is 4.84 Å². The summed E-state index contributed by atoms with van der Waals surface area (Å²) in [4.78, 5) is 5.24. The molecule has 0 unspecified atom stereocenters. The van der Waals surface area contributed by atoms with Gasteiger partial charge in [0.15, 0.2) is 0 Å². The van der Waals surface area contributed by atoms with E-state index >= 15 is 0 Å². The third-order valence-corrected chi connectivity index (χ3v) is 2.66. The Hall–Kier alpha value is -2.16. The van der Waals surface area contributed by atoms with Crippen molar-refractivity contribution >= 4 is 6.21 Å². The van der Waals surface area contributed by atoms with Gasteiger partial charge in [0.25, 0.3) is 0 Å². The average molecular weight is 257 g/mol. The smallest absolute Gasteiger partial charge is 0.142 e. The molecule has 0 atom stereocenters. The van der Waals surface area contributed by atoms with Crippen LogP contribution in [0.25, 0.3) is 0 Å². The zero-order chi connectivity index (χ0) is 13.7. The molecule has 0 aliphatic rings. The van der Waals surface area contributed by atoms with E-state index in [0.717, 1.165) is 11.1 Å². The second-order valence-corrected chi connectivity index (χ2v) is 4.56. The maximum Gasteiger partial charge on any atom is 0.142 e. The van der Waals surface area contributed by atoms with Gasteiger partial charge < -0.3 is 4.84 Å². The lowest BCUT2D eigenvalue weighted by atomic mass is 10.1. The van der Waals surface area contributed by atoms with Crippen molar-refractivity contribution < 1.29 is 9.23 Å². The van der Waals surface area contributed by atoms with Crippen LogP contribution >= 0.6 is 0 Å². The monoisotopic (exact) mass is 257 g/mol. The highest BCUT2D eigenvalue weighted by Crippen LogP contribution is 2.10. The van der Waals surface area contributed by atoms with E-state index in [2.05, 4.69) is 37.2 Å². The van der Waals surface area contributed by atoms with Crippen molar-refractivity contribution in [1.29, 1.82) is 0 Å². The van der Waals surface area contributed by atoms with Gasteiger partial charge in [-0.2, -0.15) is 0 Å². The third-order valence-electron chi connectivity index (χ3n) is 2.66. The molecule has 0 aromatic heterocycles. The van der Waals surface area contributed by atoms with Crippen LogP contribution in [0.15, 0.2) is 47.6 Å². The summed E-state index contributed by atoms with van der Waals surface area (Å²) in [6.45, 7) is 4.54. The molecule has 0 saturated heterocycles. The SMILES string of the molecule is Cc1cc(C)cc(CO/N=C/c2ccc(F)cc2)c1. The van der Waals surface area contributed by atoms with Crippen LogP contribution in [-0.4, -0.2) is 6.21 Å². The lowest BCUT2D eigenvalue weighted by Gasteiger charge is -2.03. The normalized spacial score (nSPS) is 10.9. The number of aryl methyl sites for hydroxylation is 2. The van der Waals surface area contributed by atoms with Gasteiger partial charge in [-0.15, -0.1) is 0 Å². The van der Waals surface area contributed by atoms with Crippen molar-refractivity contribution in [3.63, 3.8) is 0 Å². The number of hydrogen-bond donors (Lipinski definition) is 0. The Balaban J connectivity index is 1.91. The molecule has 0 amide bonds. The standard InChI is InChI=1S/C16H16FNO/c1-12-7-13(2)9-15(8-12)11-19-18-10-14-3-5-16(17)6-4-14/h3-10H,11H2,1-2H3/b18-10+. The summed E-state index contributed by atoms with van der Waals surface area (Å²) in [5.41, 5.74) is 4.32. The predicted molar refractivity (Wildman–Crippen MR) is 74.7 cm³/mol. The number of nitrogens with zero attached hydrogens (tertiary/aromatic N) is 1. The second kappa shape index (κ2) is 6.14. The van der Waals surface area contributed by atoms with Gasteiger partial charge in [-0.1, -0.05) is 46.6 Å². The summed E-state index contributed by atoms with van der Waals surface area (Å²) in [5, 5.41) is 3.88. The number of halogens is 1. The molecule has 2 aromatic rings. The molecule has 2 nitrogen and oxygen atoms in total. The summed E-state index contributed by atoms with van der Waals surface area (Å²) in [6, 6.07) is 12.3. The van der Waals surface area contributed by atoms with Gasteiger partial charge in [0, 0.05) is 0 Å². The molecule has 0 fully saturated rings. The maximum atomic E-state index is 12.7. The molecule has 3 heteroatoms. The van der Waals surface area contributed by atoms with Crippen LogP contribution in [-0.2, 0) is 11.4 Å². The largest absolute Gasteiger partial charge is 0.391 e. The Morgan fingerprint density at radius 1 is 1.05 bits per heavy atom. The Bertz CT molecular complexity index is 556. The predicted octanol–water partition coefficient (Wildman–Crippen LogP) is 3.99. The first-order chi connectivity index (χ1) is 9.13. The average Bonchev–Trinajstić information content (AvgIpc) is 2.36. The molecule has 2 aromatic carbocycles. The van der Waals surface area contributed by atoms with Gasteiger partial charge in [0.1, 0.15) is 12.4 Å². The Morgan fingerprint density at radius 2 is 1.68 bits per heavy atom. The molecule has 0 aliphatic heterocycles. The van der Waals surface area contributed by atoms with E-state index in [-0.39, 0.29) is 5.82 Å². The summed E-state index contributed by atoms with van der Waals surface area (Å²) >= 11 is 0. The summed E-state index contributed by atoms with van der Waals surface area (Å²) < 4.78 is 12.7. The minimum Gasteiger partial charge on any atom is -0.391 e.